The largest absolute Gasteiger partial charge is 0.322 e. The van der Waals surface area contributed by atoms with Crippen LogP contribution in [0.1, 0.15) is 16.7 Å². The molecule has 2 aromatic rings. The Hall–Kier alpha value is -3.62. The number of urea groups is 1. The first-order valence-electron chi connectivity index (χ1n) is 8.48. The standard InChI is InChI=1S/C19H12F2N4O3/c20-9-1-2-11-12(5-9)19(17(27)24-18(28)25-19)13-6-10(21)3-8(16(11)13)4-14-22-7-15(26)23-14/h1-3,5-6H,4,7H2,(H,22,23,26)(H2,24,25,27,28). The fraction of sp³-hybridized carbons (Fsp3) is 0.158. The summed E-state index contributed by atoms with van der Waals surface area (Å²) in [5.74, 6) is -1.80. The summed E-state index contributed by atoms with van der Waals surface area (Å²) < 4.78 is 28.5. The lowest BCUT2D eigenvalue weighted by Gasteiger charge is -2.23. The summed E-state index contributed by atoms with van der Waals surface area (Å²) in [7, 11) is 0. The number of hydrogen-bond acceptors (Lipinski definition) is 4. The van der Waals surface area contributed by atoms with Gasteiger partial charge in [0.2, 0.25) is 5.91 Å². The van der Waals surface area contributed by atoms with Crippen molar-refractivity contribution in [3.05, 3.63) is 58.7 Å². The number of benzene rings is 2. The lowest BCUT2D eigenvalue weighted by Crippen LogP contribution is -2.43. The Labute approximate surface area is 156 Å². The first kappa shape index (κ1) is 16.5. The van der Waals surface area contributed by atoms with Gasteiger partial charge in [-0.05, 0) is 41.0 Å². The van der Waals surface area contributed by atoms with Gasteiger partial charge in [0.15, 0.2) is 5.54 Å². The Morgan fingerprint density at radius 2 is 1.79 bits per heavy atom. The van der Waals surface area contributed by atoms with Crippen molar-refractivity contribution in [2.45, 2.75) is 12.0 Å². The molecule has 1 unspecified atom stereocenters. The number of fused-ring (bicyclic) bond motifs is 5. The van der Waals surface area contributed by atoms with Gasteiger partial charge in [0.05, 0.1) is 0 Å². The summed E-state index contributed by atoms with van der Waals surface area (Å²) in [6, 6.07) is 5.59. The van der Waals surface area contributed by atoms with Crippen LogP contribution in [0.25, 0.3) is 11.1 Å². The molecule has 2 aliphatic heterocycles. The van der Waals surface area contributed by atoms with E-state index in [1.807, 2.05) is 0 Å². The first-order chi connectivity index (χ1) is 13.4. The van der Waals surface area contributed by atoms with Crippen molar-refractivity contribution in [3.63, 3.8) is 0 Å². The molecule has 0 radical (unpaired) electrons. The molecule has 28 heavy (non-hydrogen) atoms. The maximum absolute atomic E-state index is 14.5. The zero-order valence-electron chi connectivity index (χ0n) is 14.2. The van der Waals surface area contributed by atoms with Crippen molar-refractivity contribution in [1.82, 2.24) is 16.0 Å². The smallest absolute Gasteiger partial charge is 0.316 e. The summed E-state index contributed by atoms with van der Waals surface area (Å²) in [6.45, 7) is -0.00294. The summed E-state index contributed by atoms with van der Waals surface area (Å²) in [4.78, 5) is 40.1. The zero-order chi connectivity index (χ0) is 19.6. The minimum atomic E-state index is -1.71. The van der Waals surface area contributed by atoms with Crippen LogP contribution in [0.5, 0.6) is 0 Å². The maximum Gasteiger partial charge on any atom is 0.322 e. The van der Waals surface area contributed by atoms with Gasteiger partial charge in [0, 0.05) is 17.5 Å². The Morgan fingerprint density at radius 3 is 2.46 bits per heavy atom. The molecule has 3 aliphatic rings. The summed E-state index contributed by atoms with van der Waals surface area (Å²) in [5.41, 5.74) is 0.230. The van der Waals surface area contributed by atoms with Crippen LogP contribution in [0.3, 0.4) is 0 Å². The Kier molecular flexibility index (Phi) is 3.22. The van der Waals surface area contributed by atoms with Crippen molar-refractivity contribution in [3.8, 4) is 11.1 Å². The molecule has 2 heterocycles. The highest BCUT2D eigenvalue weighted by atomic mass is 19.1. The SMILES string of the molecule is O=C1CN=C(Cc2cc(F)cc3c2-c2ccc(F)cc2C32NC(=O)NC2=O)N1. The third-order valence-electron chi connectivity index (χ3n) is 5.17. The average molecular weight is 382 g/mol. The molecule has 9 heteroatoms. The summed E-state index contributed by atoms with van der Waals surface area (Å²) in [5, 5.41) is 7.30. The average Bonchev–Trinajstić information content (AvgIpc) is 3.25. The molecule has 1 spiro atoms. The molecule has 0 saturated carbocycles. The molecule has 1 fully saturated rings. The van der Waals surface area contributed by atoms with Crippen LogP contribution in [0, 0.1) is 11.6 Å². The lowest BCUT2D eigenvalue weighted by atomic mass is 9.87. The van der Waals surface area contributed by atoms with Crippen molar-refractivity contribution < 1.29 is 23.2 Å². The van der Waals surface area contributed by atoms with Gasteiger partial charge in [-0.15, -0.1) is 0 Å². The van der Waals surface area contributed by atoms with Gasteiger partial charge in [-0.2, -0.15) is 0 Å². The second kappa shape index (κ2) is 5.44. The third-order valence-corrected chi connectivity index (χ3v) is 5.17. The van der Waals surface area contributed by atoms with Crippen LogP contribution in [0.15, 0.2) is 35.3 Å². The minimum Gasteiger partial charge on any atom is -0.316 e. The predicted octanol–water partition coefficient (Wildman–Crippen LogP) is 1.10. The van der Waals surface area contributed by atoms with Gasteiger partial charge in [-0.1, -0.05) is 6.07 Å². The number of imide groups is 1. The van der Waals surface area contributed by atoms with Crippen molar-refractivity contribution in [1.29, 1.82) is 0 Å². The molecular weight excluding hydrogens is 370 g/mol. The van der Waals surface area contributed by atoms with E-state index in [0.717, 1.165) is 12.1 Å². The van der Waals surface area contributed by atoms with E-state index in [4.69, 9.17) is 0 Å². The van der Waals surface area contributed by atoms with Gasteiger partial charge < -0.3 is 10.6 Å². The number of hydrogen-bond donors (Lipinski definition) is 3. The molecule has 0 bridgehead atoms. The van der Waals surface area contributed by atoms with E-state index in [9.17, 15) is 23.2 Å². The molecule has 1 aliphatic carbocycles. The molecule has 1 saturated heterocycles. The molecule has 3 N–H and O–H groups in total. The Bertz CT molecular complexity index is 1140. The fourth-order valence-corrected chi connectivity index (χ4v) is 4.13. The van der Waals surface area contributed by atoms with Crippen LogP contribution < -0.4 is 16.0 Å². The highest BCUT2D eigenvalue weighted by Gasteiger charge is 2.55. The van der Waals surface area contributed by atoms with E-state index >= 15 is 0 Å². The molecule has 0 aromatic heterocycles. The quantitative estimate of drug-likeness (QED) is 0.678. The fourth-order valence-electron chi connectivity index (χ4n) is 4.13. The number of nitrogens with zero attached hydrogens (tertiary/aromatic N) is 1. The Balaban J connectivity index is 1.77. The van der Waals surface area contributed by atoms with Crippen LogP contribution in [0.2, 0.25) is 0 Å². The summed E-state index contributed by atoms with van der Waals surface area (Å²) in [6.07, 6.45) is 0.119. The number of nitrogens with one attached hydrogen (secondary N) is 3. The number of amidine groups is 1. The number of halogens is 2. The third kappa shape index (κ3) is 2.13. The number of carbonyl (C=O) groups excluding carboxylic acids is 3. The highest BCUT2D eigenvalue weighted by Crippen LogP contribution is 2.50. The van der Waals surface area contributed by atoms with Gasteiger partial charge in [0.1, 0.15) is 24.0 Å². The molecule has 1 atom stereocenters. The van der Waals surface area contributed by atoms with E-state index in [1.165, 1.54) is 18.2 Å². The Morgan fingerprint density at radius 1 is 1.00 bits per heavy atom. The van der Waals surface area contributed by atoms with E-state index in [2.05, 4.69) is 20.9 Å². The summed E-state index contributed by atoms with van der Waals surface area (Å²) >= 11 is 0. The first-order valence-corrected chi connectivity index (χ1v) is 8.48. The predicted molar refractivity (Wildman–Crippen MR) is 93.4 cm³/mol. The lowest BCUT2D eigenvalue weighted by molar-refractivity contribution is -0.122. The second-order valence-corrected chi connectivity index (χ2v) is 6.82. The zero-order valence-corrected chi connectivity index (χ0v) is 14.2. The van der Waals surface area contributed by atoms with E-state index in [1.54, 1.807) is 0 Å². The minimum absolute atomic E-state index is 0.00294. The van der Waals surface area contributed by atoms with Crippen LogP contribution in [-0.2, 0) is 21.5 Å². The molecular formula is C19H12F2N4O3. The molecule has 4 amide bonds. The molecule has 7 nitrogen and oxygen atoms in total. The van der Waals surface area contributed by atoms with E-state index < -0.39 is 29.1 Å². The van der Waals surface area contributed by atoms with Gasteiger partial charge in [0.25, 0.3) is 5.91 Å². The number of aliphatic imine (C=N–C) groups is 1. The van der Waals surface area contributed by atoms with Crippen molar-refractivity contribution in [2.75, 3.05) is 6.54 Å². The number of carbonyl (C=O) groups is 3. The molecule has 5 rings (SSSR count). The topological polar surface area (TPSA) is 99.7 Å². The van der Waals surface area contributed by atoms with E-state index in [-0.39, 0.29) is 30.0 Å². The van der Waals surface area contributed by atoms with Gasteiger partial charge >= 0.3 is 6.03 Å². The van der Waals surface area contributed by atoms with Crippen LogP contribution >= 0.6 is 0 Å². The second-order valence-electron chi connectivity index (χ2n) is 6.82. The molecule has 140 valence electrons. The van der Waals surface area contributed by atoms with Gasteiger partial charge in [-0.3, -0.25) is 19.9 Å². The number of rotatable bonds is 2. The van der Waals surface area contributed by atoms with Crippen LogP contribution in [-0.4, -0.2) is 30.2 Å². The normalized spacial score (nSPS) is 21.9. The van der Waals surface area contributed by atoms with E-state index in [0.29, 0.717) is 22.5 Å². The monoisotopic (exact) mass is 382 g/mol. The highest BCUT2D eigenvalue weighted by molar-refractivity contribution is 6.13. The molecule has 2 aromatic carbocycles. The number of amides is 4. The van der Waals surface area contributed by atoms with Crippen molar-refractivity contribution in [2.24, 2.45) is 4.99 Å². The van der Waals surface area contributed by atoms with Crippen LogP contribution in [0.4, 0.5) is 13.6 Å². The maximum atomic E-state index is 14.5. The van der Waals surface area contributed by atoms with Crippen molar-refractivity contribution >= 4 is 23.7 Å². The van der Waals surface area contributed by atoms with Gasteiger partial charge in [-0.25, -0.2) is 13.6 Å².